The zero-order valence-electron chi connectivity index (χ0n) is 8.09. The van der Waals surface area contributed by atoms with E-state index in [1.54, 1.807) is 5.06 Å². The van der Waals surface area contributed by atoms with Crippen LogP contribution in [-0.2, 0) is 4.84 Å². The van der Waals surface area contributed by atoms with Crippen LogP contribution in [-0.4, -0.2) is 30.6 Å². The maximum absolute atomic E-state index is 7.60. The Morgan fingerprint density at radius 2 is 2.23 bits per heavy atom. The standard InChI is InChI=1S/C9H19N3O/c10-6-2-4-8-13-12-7-3-1-5-9(12)11/h11H,1-8,10H2. The molecule has 0 spiro atoms. The van der Waals surface area contributed by atoms with Gasteiger partial charge in [-0.2, -0.15) is 0 Å². The minimum Gasteiger partial charge on any atom is -0.330 e. The first kappa shape index (κ1) is 10.5. The molecule has 1 fully saturated rings. The Hall–Kier alpha value is -0.610. The molecule has 0 amide bonds. The summed E-state index contributed by atoms with van der Waals surface area (Å²) in [5.74, 6) is 0.624. The van der Waals surface area contributed by atoms with Gasteiger partial charge in [0.25, 0.3) is 0 Å². The Bertz CT molecular complexity index is 161. The number of rotatable bonds is 5. The van der Waals surface area contributed by atoms with Crippen LogP contribution in [0.5, 0.6) is 0 Å². The summed E-state index contributed by atoms with van der Waals surface area (Å²) in [7, 11) is 0. The molecule has 1 heterocycles. The molecule has 4 nitrogen and oxygen atoms in total. The second-order valence-electron chi connectivity index (χ2n) is 3.33. The number of nitrogens with one attached hydrogen (secondary N) is 1. The van der Waals surface area contributed by atoms with E-state index in [0.29, 0.717) is 12.4 Å². The highest BCUT2D eigenvalue weighted by Gasteiger charge is 2.14. The molecule has 0 aromatic carbocycles. The van der Waals surface area contributed by atoms with Crippen molar-refractivity contribution in [3.8, 4) is 0 Å². The van der Waals surface area contributed by atoms with Gasteiger partial charge in [-0.15, -0.1) is 0 Å². The van der Waals surface area contributed by atoms with Gasteiger partial charge in [0.05, 0.1) is 6.61 Å². The molecule has 0 radical (unpaired) electrons. The zero-order chi connectivity index (χ0) is 9.52. The molecule has 0 aromatic heterocycles. The highest BCUT2D eigenvalue weighted by atomic mass is 16.7. The third kappa shape index (κ3) is 3.74. The third-order valence-electron chi connectivity index (χ3n) is 2.17. The van der Waals surface area contributed by atoms with E-state index >= 15 is 0 Å². The molecule has 4 heteroatoms. The van der Waals surface area contributed by atoms with Crippen molar-refractivity contribution in [3.05, 3.63) is 0 Å². The van der Waals surface area contributed by atoms with Crippen LogP contribution in [0.25, 0.3) is 0 Å². The molecule has 0 unspecified atom stereocenters. The van der Waals surface area contributed by atoms with Crippen molar-refractivity contribution in [2.75, 3.05) is 19.7 Å². The lowest BCUT2D eigenvalue weighted by molar-refractivity contribution is -0.108. The number of piperidine rings is 1. The normalized spacial score (nSPS) is 17.9. The van der Waals surface area contributed by atoms with Gasteiger partial charge in [-0.05, 0) is 32.2 Å². The summed E-state index contributed by atoms with van der Waals surface area (Å²) in [6.45, 7) is 2.29. The lowest BCUT2D eigenvalue weighted by atomic mass is 10.1. The van der Waals surface area contributed by atoms with E-state index in [1.807, 2.05) is 0 Å². The number of nitrogens with two attached hydrogens (primary N) is 1. The predicted octanol–water partition coefficient (Wildman–Crippen LogP) is 1.12. The first-order valence-electron chi connectivity index (χ1n) is 5.02. The van der Waals surface area contributed by atoms with Crippen molar-refractivity contribution in [3.63, 3.8) is 0 Å². The molecule has 0 saturated carbocycles. The van der Waals surface area contributed by atoms with Gasteiger partial charge < -0.3 is 5.73 Å². The lowest BCUT2D eigenvalue weighted by Gasteiger charge is -2.27. The second kappa shape index (κ2) is 5.94. The first-order valence-corrected chi connectivity index (χ1v) is 5.02. The van der Waals surface area contributed by atoms with E-state index < -0.39 is 0 Å². The fraction of sp³-hybridized carbons (Fsp3) is 0.889. The summed E-state index contributed by atoms with van der Waals surface area (Å²) in [4.78, 5) is 5.45. The fourth-order valence-corrected chi connectivity index (χ4v) is 1.37. The summed E-state index contributed by atoms with van der Waals surface area (Å²) >= 11 is 0. The molecule has 0 atom stereocenters. The van der Waals surface area contributed by atoms with Crippen LogP contribution in [0.15, 0.2) is 0 Å². The number of hydrogen-bond acceptors (Lipinski definition) is 3. The van der Waals surface area contributed by atoms with Gasteiger partial charge in [-0.3, -0.25) is 10.2 Å². The summed E-state index contributed by atoms with van der Waals surface area (Å²) in [5, 5.41) is 9.32. The highest BCUT2D eigenvalue weighted by Crippen LogP contribution is 2.11. The van der Waals surface area contributed by atoms with Crippen LogP contribution in [0, 0.1) is 5.41 Å². The summed E-state index contributed by atoms with van der Waals surface area (Å²) in [5.41, 5.74) is 5.36. The summed E-state index contributed by atoms with van der Waals surface area (Å²) in [6.07, 6.45) is 5.11. The number of nitrogens with zero attached hydrogens (tertiary/aromatic N) is 1. The van der Waals surface area contributed by atoms with Gasteiger partial charge in [0.1, 0.15) is 5.84 Å². The van der Waals surface area contributed by atoms with Gasteiger partial charge in [0.15, 0.2) is 0 Å². The van der Waals surface area contributed by atoms with E-state index in [4.69, 9.17) is 16.0 Å². The van der Waals surface area contributed by atoms with E-state index in [9.17, 15) is 0 Å². The molecule has 1 saturated heterocycles. The topological polar surface area (TPSA) is 62.3 Å². The number of unbranched alkanes of at least 4 members (excludes halogenated alkanes) is 1. The summed E-state index contributed by atoms with van der Waals surface area (Å²) in [6, 6.07) is 0. The fourth-order valence-electron chi connectivity index (χ4n) is 1.37. The predicted molar refractivity (Wildman–Crippen MR) is 52.5 cm³/mol. The molecule has 1 aliphatic rings. The van der Waals surface area contributed by atoms with E-state index in [1.165, 1.54) is 0 Å². The second-order valence-corrected chi connectivity index (χ2v) is 3.33. The Kier molecular flexibility index (Phi) is 4.78. The molecule has 76 valence electrons. The van der Waals surface area contributed by atoms with Crippen LogP contribution in [0.2, 0.25) is 0 Å². The van der Waals surface area contributed by atoms with Crippen molar-refractivity contribution in [2.24, 2.45) is 5.73 Å². The zero-order valence-corrected chi connectivity index (χ0v) is 8.09. The van der Waals surface area contributed by atoms with Crippen LogP contribution in [0.4, 0.5) is 0 Å². The van der Waals surface area contributed by atoms with Crippen LogP contribution in [0.3, 0.4) is 0 Å². The largest absolute Gasteiger partial charge is 0.330 e. The van der Waals surface area contributed by atoms with Gasteiger partial charge in [0.2, 0.25) is 0 Å². The van der Waals surface area contributed by atoms with Crippen molar-refractivity contribution in [2.45, 2.75) is 32.1 Å². The quantitative estimate of drug-likeness (QED) is 0.631. The number of amidine groups is 1. The van der Waals surface area contributed by atoms with Gasteiger partial charge >= 0.3 is 0 Å². The average molecular weight is 185 g/mol. The Morgan fingerprint density at radius 3 is 2.92 bits per heavy atom. The SMILES string of the molecule is N=C1CCCCN1OCCCCN. The van der Waals surface area contributed by atoms with Crippen molar-refractivity contribution in [1.29, 1.82) is 5.41 Å². The van der Waals surface area contributed by atoms with Crippen LogP contribution < -0.4 is 5.73 Å². The monoisotopic (exact) mass is 185 g/mol. The van der Waals surface area contributed by atoms with Crippen molar-refractivity contribution < 1.29 is 4.84 Å². The minimum absolute atomic E-state index is 0.624. The average Bonchev–Trinajstić information content (AvgIpc) is 2.15. The molecule has 0 aromatic rings. The number of hydrogen-bond donors (Lipinski definition) is 2. The molecular formula is C9H19N3O. The van der Waals surface area contributed by atoms with Crippen LogP contribution >= 0.6 is 0 Å². The highest BCUT2D eigenvalue weighted by molar-refractivity contribution is 5.78. The van der Waals surface area contributed by atoms with E-state index in [0.717, 1.165) is 45.2 Å². The minimum atomic E-state index is 0.624. The lowest BCUT2D eigenvalue weighted by Crippen LogP contribution is -2.35. The number of hydroxylamine groups is 2. The molecule has 13 heavy (non-hydrogen) atoms. The Morgan fingerprint density at radius 1 is 1.38 bits per heavy atom. The molecule has 1 rings (SSSR count). The van der Waals surface area contributed by atoms with Crippen molar-refractivity contribution >= 4 is 5.84 Å². The molecular weight excluding hydrogens is 166 g/mol. The third-order valence-corrected chi connectivity index (χ3v) is 2.17. The first-order chi connectivity index (χ1) is 6.34. The maximum Gasteiger partial charge on any atom is 0.121 e. The molecule has 0 bridgehead atoms. The molecule has 1 aliphatic heterocycles. The summed E-state index contributed by atoms with van der Waals surface area (Å²) < 4.78 is 0. The smallest absolute Gasteiger partial charge is 0.121 e. The molecule has 3 N–H and O–H groups in total. The van der Waals surface area contributed by atoms with Gasteiger partial charge in [-0.1, -0.05) is 0 Å². The van der Waals surface area contributed by atoms with Crippen molar-refractivity contribution in [1.82, 2.24) is 5.06 Å². The molecule has 0 aliphatic carbocycles. The van der Waals surface area contributed by atoms with Crippen LogP contribution in [0.1, 0.15) is 32.1 Å². The van der Waals surface area contributed by atoms with E-state index in [2.05, 4.69) is 0 Å². The Balaban J connectivity index is 2.08. The van der Waals surface area contributed by atoms with Gasteiger partial charge in [0, 0.05) is 13.0 Å². The Labute approximate surface area is 79.5 Å². The van der Waals surface area contributed by atoms with E-state index in [-0.39, 0.29) is 0 Å². The maximum atomic E-state index is 7.60. The van der Waals surface area contributed by atoms with Gasteiger partial charge in [-0.25, -0.2) is 5.06 Å².